The fourth-order valence-corrected chi connectivity index (χ4v) is 2.30. The fraction of sp³-hybridized carbons (Fsp3) is 0.0667. The Hall–Kier alpha value is -1.89. The van der Waals surface area contributed by atoms with Crippen LogP contribution < -0.4 is 0 Å². The van der Waals surface area contributed by atoms with Gasteiger partial charge in [0.05, 0.1) is 6.07 Å². The Labute approximate surface area is 125 Å². The van der Waals surface area contributed by atoms with Crippen LogP contribution in [0.15, 0.2) is 42.5 Å². The number of nitriles is 1. The molecular formula is C15H8Cl2FNO. The second-order valence-corrected chi connectivity index (χ2v) is 4.94. The molecule has 0 aliphatic carbocycles. The largest absolute Gasteiger partial charge is 0.292 e. The molecule has 5 heteroatoms. The lowest BCUT2D eigenvalue weighted by Gasteiger charge is -2.10. The molecule has 1 atom stereocenters. The zero-order valence-corrected chi connectivity index (χ0v) is 11.6. The molecule has 2 nitrogen and oxygen atoms in total. The van der Waals surface area contributed by atoms with Gasteiger partial charge in [-0.2, -0.15) is 5.26 Å². The van der Waals surface area contributed by atoms with Gasteiger partial charge in [0, 0.05) is 15.6 Å². The van der Waals surface area contributed by atoms with Gasteiger partial charge in [0.2, 0.25) is 0 Å². The third-order valence-corrected chi connectivity index (χ3v) is 3.36. The number of Topliss-reactive ketones (excluding diaryl/α,β-unsaturated/α-hetero) is 1. The van der Waals surface area contributed by atoms with E-state index in [0.717, 1.165) is 0 Å². The van der Waals surface area contributed by atoms with Gasteiger partial charge in [0.1, 0.15) is 11.7 Å². The highest BCUT2D eigenvalue weighted by molar-refractivity contribution is 6.35. The lowest BCUT2D eigenvalue weighted by atomic mass is 9.92. The first-order chi connectivity index (χ1) is 9.52. The number of carbonyl (C=O) groups excluding carboxylic acids is 1. The standard InChI is InChI=1S/C15H8Cl2FNO/c16-10-3-6-12(14(17)7-10)13(8-19)15(20)9-1-4-11(18)5-2-9/h1-7,13H. The van der Waals surface area contributed by atoms with E-state index in [1.807, 2.05) is 6.07 Å². The molecule has 1 unspecified atom stereocenters. The number of hydrogen-bond donors (Lipinski definition) is 0. The summed E-state index contributed by atoms with van der Waals surface area (Å²) in [6, 6.07) is 11.5. The molecule has 0 fully saturated rings. The van der Waals surface area contributed by atoms with Gasteiger partial charge < -0.3 is 0 Å². The summed E-state index contributed by atoms with van der Waals surface area (Å²) in [5.74, 6) is -1.93. The van der Waals surface area contributed by atoms with Gasteiger partial charge in [0.25, 0.3) is 0 Å². The van der Waals surface area contributed by atoms with Gasteiger partial charge in [-0.1, -0.05) is 29.3 Å². The van der Waals surface area contributed by atoms with Crippen molar-refractivity contribution in [1.29, 1.82) is 5.26 Å². The highest BCUT2D eigenvalue weighted by atomic mass is 35.5. The number of ketones is 1. The first-order valence-electron chi connectivity index (χ1n) is 5.67. The van der Waals surface area contributed by atoms with Crippen molar-refractivity contribution in [3.63, 3.8) is 0 Å². The molecule has 20 heavy (non-hydrogen) atoms. The summed E-state index contributed by atoms with van der Waals surface area (Å²) >= 11 is 11.8. The van der Waals surface area contributed by atoms with Crippen LogP contribution in [0, 0.1) is 17.1 Å². The van der Waals surface area contributed by atoms with Crippen molar-refractivity contribution >= 4 is 29.0 Å². The maximum absolute atomic E-state index is 12.9. The molecule has 0 aromatic heterocycles. The third kappa shape index (κ3) is 2.98. The number of hydrogen-bond acceptors (Lipinski definition) is 2. The third-order valence-electron chi connectivity index (χ3n) is 2.79. The molecule has 0 radical (unpaired) electrons. The number of benzene rings is 2. The zero-order chi connectivity index (χ0) is 14.7. The highest BCUT2D eigenvalue weighted by Gasteiger charge is 2.24. The SMILES string of the molecule is N#CC(C(=O)c1ccc(F)cc1)c1ccc(Cl)cc1Cl. The Bertz CT molecular complexity index is 692. The number of carbonyl (C=O) groups is 1. The smallest absolute Gasteiger partial charge is 0.184 e. The quantitative estimate of drug-likeness (QED) is 0.776. The summed E-state index contributed by atoms with van der Waals surface area (Å²) < 4.78 is 12.9. The topological polar surface area (TPSA) is 40.9 Å². The van der Waals surface area contributed by atoms with Gasteiger partial charge in [0.15, 0.2) is 5.78 Å². The highest BCUT2D eigenvalue weighted by Crippen LogP contribution is 2.29. The Balaban J connectivity index is 2.40. The van der Waals surface area contributed by atoms with Gasteiger partial charge >= 0.3 is 0 Å². The molecule has 0 aliphatic rings. The minimum absolute atomic E-state index is 0.250. The van der Waals surface area contributed by atoms with Gasteiger partial charge in [-0.15, -0.1) is 0 Å². The number of halogens is 3. The van der Waals surface area contributed by atoms with Gasteiger partial charge in [-0.3, -0.25) is 4.79 Å². The van der Waals surface area contributed by atoms with Crippen molar-refractivity contribution in [1.82, 2.24) is 0 Å². The van der Waals surface area contributed by atoms with E-state index in [0.29, 0.717) is 10.6 Å². The monoisotopic (exact) mass is 307 g/mol. The van der Waals surface area contributed by atoms with E-state index < -0.39 is 17.5 Å². The summed E-state index contributed by atoms with van der Waals surface area (Å²) in [5, 5.41) is 9.89. The minimum Gasteiger partial charge on any atom is -0.292 e. The molecule has 2 rings (SSSR count). The van der Waals surface area contributed by atoms with Crippen molar-refractivity contribution < 1.29 is 9.18 Å². The van der Waals surface area contributed by atoms with Gasteiger partial charge in [-0.05, 0) is 42.0 Å². The summed E-state index contributed by atoms with van der Waals surface area (Å²) in [5.41, 5.74) is 0.636. The summed E-state index contributed by atoms with van der Waals surface area (Å²) in [4.78, 5) is 12.3. The summed E-state index contributed by atoms with van der Waals surface area (Å²) in [6.45, 7) is 0. The van der Waals surface area contributed by atoms with Crippen LogP contribution in [0.25, 0.3) is 0 Å². The molecule has 2 aromatic carbocycles. The van der Waals surface area contributed by atoms with Crippen LogP contribution in [0.4, 0.5) is 4.39 Å². The first kappa shape index (κ1) is 14.5. The van der Waals surface area contributed by atoms with Crippen LogP contribution in [0.3, 0.4) is 0 Å². The molecule has 0 N–H and O–H groups in total. The van der Waals surface area contributed by atoms with E-state index in [4.69, 9.17) is 23.2 Å². The summed E-state index contributed by atoms with van der Waals surface area (Å²) in [6.07, 6.45) is 0. The van der Waals surface area contributed by atoms with Crippen molar-refractivity contribution in [2.75, 3.05) is 0 Å². The van der Waals surface area contributed by atoms with Crippen molar-refractivity contribution in [3.8, 4) is 6.07 Å². The van der Waals surface area contributed by atoms with Gasteiger partial charge in [-0.25, -0.2) is 4.39 Å². The van der Waals surface area contributed by atoms with Crippen LogP contribution in [0.5, 0.6) is 0 Å². The average Bonchev–Trinajstić information content (AvgIpc) is 2.42. The van der Waals surface area contributed by atoms with Crippen LogP contribution in [-0.2, 0) is 0 Å². The Morgan fingerprint density at radius 1 is 1.15 bits per heavy atom. The fourth-order valence-electron chi connectivity index (χ4n) is 1.79. The molecule has 0 spiro atoms. The van der Waals surface area contributed by atoms with Crippen LogP contribution in [0.2, 0.25) is 10.0 Å². The van der Waals surface area contributed by atoms with Crippen LogP contribution in [-0.4, -0.2) is 5.78 Å². The maximum Gasteiger partial charge on any atom is 0.184 e. The molecule has 0 saturated carbocycles. The van der Waals surface area contributed by atoms with E-state index in [-0.39, 0.29) is 10.6 Å². The summed E-state index contributed by atoms with van der Waals surface area (Å²) in [7, 11) is 0. The molecule has 2 aromatic rings. The molecule has 0 amide bonds. The second-order valence-electron chi connectivity index (χ2n) is 4.10. The Morgan fingerprint density at radius 2 is 1.80 bits per heavy atom. The lowest BCUT2D eigenvalue weighted by Crippen LogP contribution is -2.11. The molecule has 0 heterocycles. The molecule has 0 aliphatic heterocycles. The molecule has 100 valence electrons. The predicted molar refractivity (Wildman–Crippen MR) is 75.5 cm³/mol. The minimum atomic E-state index is -1.05. The predicted octanol–water partition coefficient (Wildman–Crippen LogP) is 4.62. The maximum atomic E-state index is 12.9. The zero-order valence-electron chi connectivity index (χ0n) is 10.1. The van der Waals surface area contributed by atoms with E-state index in [1.165, 1.54) is 30.3 Å². The second kappa shape index (κ2) is 6.04. The first-order valence-corrected chi connectivity index (χ1v) is 6.43. The number of nitrogens with zero attached hydrogens (tertiary/aromatic N) is 1. The van der Waals surface area contributed by atoms with E-state index in [2.05, 4.69) is 0 Å². The number of rotatable bonds is 3. The van der Waals surface area contributed by atoms with Crippen molar-refractivity contribution in [2.24, 2.45) is 0 Å². The average molecular weight is 308 g/mol. The van der Waals surface area contributed by atoms with E-state index in [1.54, 1.807) is 12.1 Å². The van der Waals surface area contributed by atoms with Crippen molar-refractivity contribution in [2.45, 2.75) is 5.92 Å². The van der Waals surface area contributed by atoms with E-state index >= 15 is 0 Å². The normalized spacial score (nSPS) is 11.7. The van der Waals surface area contributed by atoms with Crippen molar-refractivity contribution in [3.05, 3.63) is 69.5 Å². The Morgan fingerprint density at radius 3 is 2.35 bits per heavy atom. The molecule has 0 saturated heterocycles. The van der Waals surface area contributed by atoms with Crippen LogP contribution in [0.1, 0.15) is 21.8 Å². The lowest BCUT2D eigenvalue weighted by molar-refractivity contribution is 0.0979. The molecule has 0 bridgehead atoms. The van der Waals surface area contributed by atoms with Crippen LogP contribution >= 0.6 is 23.2 Å². The van der Waals surface area contributed by atoms with E-state index in [9.17, 15) is 14.4 Å². The molecular weight excluding hydrogens is 300 g/mol. The Kier molecular flexibility index (Phi) is 4.39.